The average Bonchev–Trinajstić information content (AvgIpc) is 3.20. The fourth-order valence-electron chi connectivity index (χ4n) is 3.30. The highest BCUT2D eigenvalue weighted by Crippen LogP contribution is 2.38. The number of rotatable bonds is 6. The third-order valence-electron chi connectivity index (χ3n) is 4.91. The first-order valence-electron chi connectivity index (χ1n) is 9.80. The van der Waals surface area contributed by atoms with Crippen LogP contribution in [0, 0.1) is 24.1 Å². The number of hydrogen-bond acceptors (Lipinski definition) is 4. The van der Waals surface area contributed by atoms with Crippen LogP contribution >= 0.6 is 11.6 Å². The number of nitriles is 1. The number of hydrogen-bond donors (Lipinski definition) is 1. The topological polar surface area (TPSA) is 70.9 Å². The molecule has 0 saturated carbocycles. The molecule has 0 saturated heterocycles. The third kappa shape index (κ3) is 4.43. The summed E-state index contributed by atoms with van der Waals surface area (Å²) in [5.41, 5.74) is 4.11. The molecular weight excluding hydrogens is 429 g/mol. The van der Waals surface area contributed by atoms with E-state index in [4.69, 9.17) is 21.1 Å². The normalized spacial score (nSPS) is 11.4. The minimum Gasteiger partial charge on any atom is -0.493 e. The molecule has 0 fully saturated rings. The van der Waals surface area contributed by atoms with Gasteiger partial charge >= 0.3 is 0 Å². The molecule has 1 heterocycles. The van der Waals surface area contributed by atoms with Gasteiger partial charge in [-0.25, -0.2) is 9.37 Å². The zero-order chi connectivity index (χ0) is 22.7. The molecular formula is C25H19ClFN3O2. The monoisotopic (exact) mass is 447 g/mol. The first-order chi connectivity index (χ1) is 15.5. The molecule has 3 aromatic carbocycles. The predicted octanol–water partition coefficient (Wildman–Crippen LogP) is 6.32. The molecule has 160 valence electrons. The van der Waals surface area contributed by atoms with Crippen molar-refractivity contribution >= 4 is 34.3 Å². The van der Waals surface area contributed by atoms with E-state index >= 15 is 0 Å². The van der Waals surface area contributed by atoms with E-state index in [9.17, 15) is 9.65 Å². The summed E-state index contributed by atoms with van der Waals surface area (Å²) in [4.78, 5) is 7.68. The van der Waals surface area contributed by atoms with E-state index in [0.717, 1.165) is 16.6 Å². The van der Waals surface area contributed by atoms with Gasteiger partial charge in [0, 0.05) is 5.56 Å². The molecule has 0 unspecified atom stereocenters. The van der Waals surface area contributed by atoms with E-state index in [2.05, 4.69) is 16.0 Å². The number of nitrogens with zero attached hydrogens (tertiary/aromatic N) is 2. The maximum atomic E-state index is 13.9. The van der Waals surface area contributed by atoms with Crippen LogP contribution in [0.25, 0.3) is 22.7 Å². The highest BCUT2D eigenvalue weighted by molar-refractivity contribution is 6.32. The molecule has 0 spiro atoms. The summed E-state index contributed by atoms with van der Waals surface area (Å²) in [6.45, 7) is 1.99. The first-order valence-corrected chi connectivity index (χ1v) is 10.2. The summed E-state index contributed by atoms with van der Waals surface area (Å²) in [5.74, 6) is 0.773. The van der Waals surface area contributed by atoms with Crippen molar-refractivity contribution in [1.82, 2.24) is 9.97 Å². The number of aromatic nitrogens is 2. The predicted molar refractivity (Wildman–Crippen MR) is 123 cm³/mol. The van der Waals surface area contributed by atoms with E-state index in [0.29, 0.717) is 34.0 Å². The number of ether oxygens (including phenoxy) is 2. The Morgan fingerprint density at radius 3 is 2.78 bits per heavy atom. The summed E-state index contributed by atoms with van der Waals surface area (Å²) < 4.78 is 25.1. The van der Waals surface area contributed by atoms with Crippen molar-refractivity contribution in [2.75, 3.05) is 7.11 Å². The van der Waals surface area contributed by atoms with Crippen molar-refractivity contribution in [2.45, 2.75) is 13.5 Å². The van der Waals surface area contributed by atoms with Gasteiger partial charge < -0.3 is 14.5 Å². The van der Waals surface area contributed by atoms with E-state index in [1.807, 2.05) is 25.1 Å². The number of allylic oxidation sites excluding steroid dienone is 1. The van der Waals surface area contributed by atoms with Crippen molar-refractivity contribution in [2.24, 2.45) is 0 Å². The molecule has 0 aliphatic carbocycles. The van der Waals surface area contributed by atoms with E-state index in [1.54, 1.807) is 36.4 Å². The lowest BCUT2D eigenvalue weighted by Gasteiger charge is -2.14. The van der Waals surface area contributed by atoms with Crippen molar-refractivity contribution in [3.63, 3.8) is 0 Å². The molecule has 0 amide bonds. The van der Waals surface area contributed by atoms with Crippen LogP contribution in [0.3, 0.4) is 0 Å². The Morgan fingerprint density at radius 2 is 2.03 bits per heavy atom. The molecule has 7 heteroatoms. The quantitative estimate of drug-likeness (QED) is 0.351. The van der Waals surface area contributed by atoms with Gasteiger partial charge in [-0.1, -0.05) is 35.9 Å². The summed E-state index contributed by atoms with van der Waals surface area (Å²) in [5, 5.41) is 9.99. The molecule has 4 aromatic rings. The summed E-state index contributed by atoms with van der Waals surface area (Å²) in [7, 11) is 1.49. The molecule has 0 aliphatic heterocycles. The van der Waals surface area contributed by atoms with Gasteiger partial charge in [0.05, 0.1) is 28.7 Å². The van der Waals surface area contributed by atoms with Crippen LogP contribution in [0.2, 0.25) is 5.02 Å². The van der Waals surface area contributed by atoms with Gasteiger partial charge in [0.1, 0.15) is 24.3 Å². The second-order valence-corrected chi connectivity index (χ2v) is 7.60. The van der Waals surface area contributed by atoms with Crippen LogP contribution in [-0.4, -0.2) is 17.1 Å². The smallest absolute Gasteiger partial charge is 0.180 e. The molecule has 1 aromatic heterocycles. The Hall–Kier alpha value is -3.82. The Labute approximate surface area is 189 Å². The molecule has 4 rings (SSSR count). The summed E-state index contributed by atoms with van der Waals surface area (Å²) >= 11 is 6.44. The maximum Gasteiger partial charge on any atom is 0.180 e. The molecule has 0 aliphatic rings. The van der Waals surface area contributed by atoms with Gasteiger partial charge in [-0.05, 0) is 54.5 Å². The van der Waals surface area contributed by atoms with Crippen LogP contribution < -0.4 is 9.47 Å². The number of fused-ring (bicyclic) bond motifs is 1. The lowest BCUT2D eigenvalue weighted by molar-refractivity contribution is 0.280. The van der Waals surface area contributed by atoms with Gasteiger partial charge in [-0.2, -0.15) is 5.26 Å². The van der Waals surface area contributed by atoms with E-state index in [1.165, 1.54) is 13.2 Å². The lowest BCUT2D eigenvalue weighted by atomic mass is 10.1. The number of aromatic amines is 1. The van der Waals surface area contributed by atoms with Crippen LogP contribution in [-0.2, 0) is 6.61 Å². The zero-order valence-corrected chi connectivity index (χ0v) is 18.2. The molecule has 0 radical (unpaired) electrons. The van der Waals surface area contributed by atoms with Crippen LogP contribution in [0.15, 0.2) is 54.6 Å². The molecule has 32 heavy (non-hydrogen) atoms. The summed E-state index contributed by atoms with van der Waals surface area (Å²) in [6, 6.07) is 17.7. The van der Waals surface area contributed by atoms with Crippen LogP contribution in [0.1, 0.15) is 22.5 Å². The number of benzene rings is 3. The molecule has 1 N–H and O–H groups in total. The highest BCUT2D eigenvalue weighted by atomic mass is 35.5. The van der Waals surface area contributed by atoms with Crippen molar-refractivity contribution in [1.29, 1.82) is 5.26 Å². The Kier molecular flexibility index (Phi) is 6.11. The average molecular weight is 448 g/mol. The Balaban J connectivity index is 1.65. The van der Waals surface area contributed by atoms with Crippen molar-refractivity contribution in [3.05, 3.63) is 88.0 Å². The van der Waals surface area contributed by atoms with Crippen molar-refractivity contribution in [3.8, 4) is 17.6 Å². The molecule has 5 nitrogen and oxygen atoms in total. The number of aryl methyl sites for hydroxylation is 1. The maximum absolute atomic E-state index is 13.9. The highest BCUT2D eigenvalue weighted by Gasteiger charge is 2.14. The van der Waals surface area contributed by atoms with E-state index < -0.39 is 0 Å². The minimum absolute atomic E-state index is 0.000212. The fourth-order valence-corrected chi connectivity index (χ4v) is 3.57. The number of methoxy groups -OCH3 is 1. The number of halogens is 2. The number of H-pyrrole nitrogens is 1. The van der Waals surface area contributed by atoms with E-state index in [-0.39, 0.29) is 17.4 Å². The molecule has 0 bridgehead atoms. The second kappa shape index (κ2) is 9.13. The summed E-state index contributed by atoms with van der Waals surface area (Å²) in [6.07, 6.45) is 1.67. The largest absolute Gasteiger partial charge is 0.493 e. The first kappa shape index (κ1) is 21.4. The fraction of sp³-hybridized carbons (Fsp3) is 0.120. The van der Waals surface area contributed by atoms with Crippen molar-refractivity contribution < 1.29 is 13.9 Å². The van der Waals surface area contributed by atoms with Crippen LogP contribution in [0.5, 0.6) is 11.5 Å². The van der Waals surface area contributed by atoms with Gasteiger partial charge in [0.25, 0.3) is 0 Å². The molecule has 0 atom stereocenters. The van der Waals surface area contributed by atoms with Gasteiger partial charge in [0.15, 0.2) is 11.5 Å². The van der Waals surface area contributed by atoms with Crippen LogP contribution in [0.4, 0.5) is 4.39 Å². The number of nitrogens with one attached hydrogen (secondary N) is 1. The third-order valence-corrected chi connectivity index (χ3v) is 5.19. The standard InChI is InChI=1S/C25H19ClFN3O2/c1-15-7-8-21-22(9-15)30-25(29-21)18(13-28)10-16-11-19(26)24(23(12-16)31-2)32-14-17-5-3-4-6-20(17)27/h3-12H,14H2,1-2H3,(H,29,30)/b18-10-. The van der Waals surface area contributed by atoms with Gasteiger partial charge in [-0.3, -0.25) is 0 Å². The number of imidazole rings is 1. The minimum atomic E-state index is -0.359. The Bertz CT molecular complexity index is 1370. The SMILES string of the molecule is COc1cc(/C=C(/C#N)c2nc3ccc(C)cc3[nH]2)cc(Cl)c1OCc1ccccc1F. The van der Waals surface area contributed by atoms with Gasteiger partial charge in [0.2, 0.25) is 0 Å². The second-order valence-electron chi connectivity index (χ2n) is 7.19. The zero-order valence-electron chi connectivity index (χ0n) is 17.4. The Morgan fingerprint density at radius 1 is 1.22 bits per heavy atom. The van der Waals surface area contributed by atoms with Gasteiger partial charge in [-0.15, -0.1) is 0 Å². The lowest BCUT2D eigenvalue weighted by Crippen LogP contribution is -2.01.